The predicted molar refractivity (Wildman–Crippen MR) is 125 cm³/mol. The highest BCUT2D eigenvalue weighted by Crippen LogP contribution is 2.35. The molecule has 1 saturated heterocycles. The lowest BCUT2D eigenvalue weighted by molar-refractivity contribution is 0.0621. The average Bonchev–Trinajstić information content (AvgIpc) is 3.38. The lowest BCUT2D eigenvalue weighted by atomic mass is 10.1. The smallest absolute Gasteiger partial charge is 0.289 e. The van der Waals surface area contributed by atoms with Crippen molar-refractivity contribution in [1.29, 1.82) is 0 Å². The van der Waals surface area contributed by atoms with Crippen LogP contribution in [0, 0.1) is 0 Å². The van der Waals surface area contributed by atoms with Gasteiger partial charge in [0.25, 0.3) is 11.8 Å². The van der Waals surface area contributed by atoms with E-state index in [1.165, 1.54) is 47.4 Å². The quantitative estimate of drug-likeness (QED) is 0.431. The van der Waals surface area contributed by atoms with E-state index in [0.717, 1.165) is 12.7 Å². The van der Waals surface area contributed by atoms with E-state index < -0.39 is 15.7 Å². The van der Waals surface area contributed by atoms with Crippen LogP contribution in [-0.2, 0) is 16.9 Å². The van der Waals surface area contributed by atoms with Gasteiger partial charge >= 0.3 is 0 Å². The van der Waals surface area contributed by atoms with Crippen molar-refractivity contribution in [2.45, 2.75) is 11.3 Å². The van der Waals surface area contributed by atoms with Gasteiger partial charge in [0.1, 0.15) is 17.1 Å². The Balaban J connectivity index is 1.52. The third-order valence-electron chi connectivity index (χ3n) is 5.54. The maximum atomic E-state index is 12.9. The topological polar surface area (TPSA) is 137 Å². The third-order valence-corrected chi connectivity index (χ3v) is 6.67. The summed E-state index contributed by atoms with van der Waals surface area (Å²) in [5.41, 5.74) is 0.506. The maximum absolute atomic E-state index is 12.9. The minimum Gasteiger partial charge on any atom is -0.457 e. The molecule has 5 rings (SSSR count). The molecule has 0 radical (unpaired) electrons. The Hall–Kier alpha value is -4.19. The van der Waals surface area contributed by atoms with Crippen LogP contribution in [0.1, 0.15) is 27.3 Å². The first-order chi connectivity index (χ1) is 16.7. The van der Waals surface area contributed by atoms with Gasteiger partial charge in [-0.3, -0.25) is 9.59 Å². The first-order valence-electron chi connectivity index (χ1n) is 10.7. The number of amides is 2. The van der Waals surface area contributed by atoms with Crippen LogP contribution in [-0.4, -0.2) is 59.5 Å². The molecule has 2 aromatic carbocycles. The van der Waals surface area contributed by atoms with E-state index in [2.05, 4.69) is 15.5 Å². The second-order valence-corrected chi connectivity index (χ2v) is 10.2. The van der Waals surface area contributed by atoms with E-state index in [9.17, 15) is 18.0 Å². The molecule has 0 spiro atoms. The first-order valence-corrected chi connectivity index (χ1v) is 12.6. The SMILES string of the molecule is Cn1ncc(NC(=O)c2cc(Oc3ccc(S(C)(=O)=O)cc3)c3cc(C(=O)N4CCC4)oc3c2)n1. The van der Waals surface area contributed by atoms with Crippen LogP contribution in [0.25, 0.3) is 11.0 Å². The molecule has 12 heteroatoms. The largest absolute Gasteiger partial charge is 0.457 e. The number of nitrogens with one attached hydrogen (secondary N) is 1. The second-order valence-electron chi connectivity index (χ2n) is 8.16. The van der Waals surface area contributed by atoms with Crippen LogP contribution in [0.4, 0.5) is 5.82 Å². The van der Waals surface area contributed by atoms with Crippen LogP contribution >= 0.6 is 0 Å². The number of sulfone groups is 1. The summed E-state index contributed by atoms with van der Waals surface area (Å²) in [5, 5.41) is 11.1. The molecule has 2 aromatic heterocycles. The third kappa shape index (κ3) is 4.60. The number of aromatic nitrogens is 3. The minimum absolute atomic E-state index is 0.142. The van der Waals surface area contributed by atoms with Crippen LogP contribution in [0.15, 0.2) is 58.0 Å². The van der Waals surface area contributed by atoms with E-state index in [4.69, 9.17) is 9.15 Å². The summed E-state index contributed by atoms with van der Waals surface area (Å²) in [4.78, 5) is 28.7. The number of rotatable bonds is 6. The summed E-state index contributed by atoms with van der Waals surface area (Å²) in [5.74, 6) is 0.318. The number of carbonyl (C=O) groups is 2. The van der Waals surface area contributed by atoms with Gasteiger partial charge in [-0.05, 0) is 42.8 Å². The minimum atomic E-state index is -3.36. The van der Waals surface area contributed by atoms with Crippen molar-refractivity contribution in [1.82, 2.24) is 19.9 Å². The van der Waals surface area contributed by atoms with Crippen molar-refractivity contribution in [2.24, 2.45) is 7.05 Å². The summed E-state index contributed by atoms with van der Waals surface area (Å²) in [6, 6.07) is 10.5. The van der Waals surface area contributed by atoms with Crippen molar-refractivity contribution in [2.75, 3.05) is 24.7 Å². The molecule has 0 bridgehead atoms. The molecule has 2 amide bonds. The first kappa shape index (κ1) is 22.6. The number of likely N-dealkylation sites (tertiary alicyclic amines) is 1. The number of nitrogens with zero attached hydrogens (tertiary/aromatic N) is 4. The van der Waals surface area contributed by atoms with E-state index in [0.29, 0.717) is 29.8 Å². The average molecular weight is 496 g/mol. The molecule has 180 valence electrons. The fraction of sp³-hybridized carbons (Fsp3) is 0.217. The summed E-state index contributed by atoms with van der Waals surface area (Å²) < 4.78 is 35.3. The van der Waals surface area contributed by atoms with Crippen molar-refractivity contribution in [3.8, 4) is 11.5 Å². The molecule has 0 unspecified atom stereocenters. The van der Waals surface area contributed by atoms with Gasteiger partial charge in [-0.2, -0.15) is 9.90 Å². The van der Waals surface area contributed by atoms with Gasteiger partial charge in [0.2, 0.25) is 0 Å². The molecule has 1 fully saturated rings. The number of furan rings is 1. The van der Waals surface area contributed by atoms with Crippen LogP contribution in [0.5, 0.6) is 11.5 Å². The highest BCUT2D eigenvalue weighted by atomic mass is 32.2. The van der Waals surface area contributed by atoms with Gasteiger partial charge in [0.15, 0.2) is 21.4 Å². The molecule has 0 saturated carbocycles. The molecular formula is C23H21N5O6S. The number of fused-ring (bicyclic) bond motifs is 1. The highest BCUT2D eigenvalue weighted by Gasteiger charge is 2.26. The zero-order chi connectivity index (χ0) is 24.7. The molecular weight excluding hydrogens is 474 g/mol. The molecule has 0 atom stereocenters. The molecule has 11 nitrogen and oxygen atoms in total. The number of ether oxygens (including phenoxy) is 1. The maximum Gasteiger partial charge on any atom is 0.289 e. The monoisotopic (exact) mass is 495 g/mol. The van der Waals surface area contributed by atoms with Gasteiger partial charge in [-0.25, -0.2) is 8.42 Å². The van der Waals surface area contributed by atoms with E-state index in [1.807, 2.05) is 0 Å². The zero-order valence-corrected chi connectivity index (χ0v) is 19.7. The van der Waals surface area contributed by atoms with Crippen LogP contribution < -0.4 is 10.1 Å². The number of hydrogen-bond donors (Lipinski definition) is 1. The molecule has 4 aromatic rings. The molecule has 0 aliphatic carbocycles. The van der Waals surface area contributed by atoms with E-state index in [-0.39, 0.29) is 33.7 Å². The van der Waals surface area contributed by atoms with Gasteiger partial charge in [0.05, 0.1) is 16.5 Å². The van der Waals surface area contributed by atoms with Crippen molar-refractivity contribution < 1.29 is 27.2 Å². The van der Waals surface area contributed by atoms with E-state index >= 15 is 0 Å². The number of anilines is 1. The Bertz CT molecular complexity index is 1550. The Morgan fingerprint density at radius 3 is 2.46 bits per heavy atom. The standard InChI is InChI=1S/C23H21N5O6S/c1-27-24-13-21(26-27)25-22(29)14-10-18(33-15-4-6-16(7-5-15)35(2,31)32)17-12-20(34-19(17)11-14)23(30)28-8-3-9-28/h4-7,10-13H,3,8-9H2,1-2H3,(H,25,26,29). The lowest BCUT2D eigenvalue weighted by Crippen LogP contribution is -2.41. The lowest BCUT2D eigenvalue weighted by Gasteiger charge is -2.29. The summed E-state index contributed by atoms with van der Waals surface area (Å²) in [6.45, 7) is 1.33. The molecule has 1 N–H and O–H groups in total. The second kappa shape index (κ2) is 8.55. The van der Waals surface area contributed by atoms with Gasteiger partial charge in [-0.1, -0.05) is 0 Å². The number of benzene rings is 2. The zero-order valence-electron chi connectivity index (χ0n) is 18.9. The molecule has 1 aliphatic heterocycles. The highest BCUT2D eigenvalue weighted by molar-refractivity contribution is 7.90. The number of aryl methyl sites for hydroxylation is 1. The Kier molecular flexibility index (Phi) is 5.52. The summed E-state index contributed by atoms with van der Waals surface area (Å²) >= 11 is 0. The van der Waals surface area contributed by atoms with Gasteiger partial charge in [0, 0.05) is 38.0 Å². The fourth-order valence-electron chi connectivity index (χ4n) is 3.58. The molecule has 1 aliphatic rings. The van der Waals surface area contributed by atoms with Crippen LogP contribution in [0.3, 0.4) is 0 Å². The Labute approximate surface area is 200 Å². The molecule has 35 heavy (non-hydrogen) atoms. The van der Waals surface area contributed by atoms with Gasteiger partial charge in [-0.15, -0.1) is 5.10 Å². The Morgan fingerprint density at radius 2 is 1.86 bits per heavy atom. The van der Waals surface area contributed by atoms with Crippen LogP contribution in [0.2, 0.25) is 0 Å². The van der Waals surface area contributed by atoms with Crippen molar-refractivity contribution in [3.05, 3.63) is 60.0 Å². The Morgan fingerprint density at radius 1 is 1.11 bits per heavy atom. The predicted octanol–water partition coefficient (Wildman–Crippen LogP) is 2.86. The van der Waals surface area contributed by atoms with Crippen molar-refractivity contribution in [3.63, 3.8) is 0 Å². The summed E-state index contributed by atoms with van der Waals surface area (Å²) in [6.07, 6.45) is 3.47. The number of carbonyl (C=O) groups excluding carboxylic acids is 2. The normalized spacial score (nSPS) is 13.5. The summed E-state index contributed by atoms with van der Waals surface area (Å²) in [7, 11) is -1.74. The molecule has 3 heterocycles. The fourth-order valence-corrected chi connectivity index (χ4v) is 4.21. The number of hydrogen-bond acceptors (Lipinski definition) is 8. The van der Waals surface area contributed by atoms with E-state index in [1.54, 1.807) is 18.0 Å². The van der Waals surface area contributed by atoms with Crippen molar-refractivity contribution >= 4 is 38.4 Å². The van der Waals surface area contributed by atoms with Gasteiger partial charge < -0.3 is 19.4 Å².